The molecule has 1 saturated heterocycles. The lowest BCUT2D eigenvalue weighted by Crippen LogP contribution is -2.16. The summed E-state index contributed by atoms with van der Waals surface area (Å²) in [4.78, 5) is 15.4. The van der Waals surface area contributed by atoms with Gasteiger partial charge in [-0.2, -0.15) is 0 Å². The molecule has 21 heavy (non-hydrogen) atoms. The summed E-state index contributed by atoms with van der Waals surface area (Å²) in [6, 6.07) is 5.93. The van der Waals surface area contributed by atoms with E-state index in [2.05, 4.69) is 25.5 Å². The number of rotatable bonds is 5. The number of nitrogens with zero attached hydrogens (tertiary/aromatic N) is 2. The summed E-state index contributed by atoms with van der Waals surface area (Å²) in [5.74, 6) is -0.826. The summed E-state index contributed by atoms with van der Waals surface area (Å²) in [5.41, 5.74) is 1.89. The van der Waals surface area contributed by atoms with E-state index >= 15 is 0 Å². The highest BCUT2D eigenvalue weighted by molar-refractivity contribution is 9.10. The van der Waals surface area contributed by atoms with Crippen molar-refractivity contribution in [3.05, 3.63) is 22.7 Å². The number of ether oxygens (including phenoxy) is 1. The molecule has 3 rings (SSSR count). The molecule has 1 aliphatic rings. The standard InChI is InChI=1S/C14H15BrN2O3S/c15-9-3-4-12-11(6-9)16-14(21-8-13(18)19)17(12)7-10-2-1-5-20-10/h3-4,6,10H,1-2,5,7-8H2,(H,18,19). The summed E-state index contributed by atoms with van der Waals surface area (Å²) < 4.78 is 8.74. The van der Waals surface area contributed by atoms with Crippen molar-refractivity contribution in [1.82, 2.24) is 9.55 Å². The zero-order chi connectivity index (χ0) is 14.8. The van der Waals surface area contributed by atoms with Crippen LogP contribution in [0.15, 0.2) is 27.8 Å². The van der Waals surface area contributed by atoms with Crippen LogP contribution >= 0.6 is 27.7 Å². The molecule has 1 N–H and O–H groups in total. The molecular weight excluding hydrogens is 356 g/mol. The Hall–Kier alpha value is -1.05. The number of imidazole rings is 1. The largest absolute Gasteiger partial charge is 0.481 e. The molecule has 1 fully saturated rings. The van der Waals surface area contributed by atoms with Crippen molar-refractivity contribution in [2.75, 3.05) is 12.4 Å². The van der Waals surface area contributed by atoms with Crippen LogP contribution in [-0.4, -0.2) is 39.1 Å². The quantitative estimate of drug-likeness (QED) is 0.818. The molecule has 2 aromatic rings. The van der Waals surface area contributed by atoms with Crippen molar-refractivity contribution in [3.63, 3.8) is 0 Å². The van der Waals surface area contributed by atoms with Gasteiger partial charge in [0.05, 0.1) is 29.4 Å². The third-order valence-electron chi connectivity index (χ3n) is 3.41. The second-order valence-electron chi connectivity index (χ2n) is 4.96. The number of carboxylic acid groups (broad SMARTS) is 1. The zero-order valence-corrected chi connectivity index (χ0v) is 13.7. The van der Waals surface area contributed by atoms with Crippen LogP contribution in [0, 0.1) is 0 Å². The van der Waals surface area contributed by atoms with Gasteiger partial charge in [-0.25, -0.2) is 4.98 Å². The van der Waals surface area contributed by atoms with Gasteiger partial charge in [-0.05, 0) is 31.0 Å². The van der Waals surface area contributed by atoms with Gasteiger partial charge in [0.1, 0.15) is 0 Å². The van der Waals surface area contributed by atoms with Gasteiger partial charge in [0.15, 0.2) is 5.16 Å². The van der Waals surface area contributed by atoms with E-state index < -0.39 is 5.97 Å². The third kappa shape index (κ3) is 3.41. The Balaban J connectivity index is 1.95. The number of hydrogen-bond acceptors (Lipinski definition) is 4. The molecule has 0 saturated carbocycles. The Morgan fingerprint density at radius 3 is 3.14 bits per heavy atom. The van der Waals surface area contributed by atoms with E-state index in [-0.39, 0.29) is 11.9 Å². The van der Waals surface area contributed by atoms with Crippen molar-refractivity contribution < 1.29 is 14.6 Å². The Bertz CT molecular complexity index is 668. The summed E-state index contributed by atoms with van der Waals surface area (Å²) in [7, 11) is 0. The van der Waals surface area contributed by atoms with Crippen molar-refractivity contribution in [2.24, 2.45) is 0 Å². The molecule has 1 atom stereocenters. The molecule has 112 valence electrons. The highest BCUT2D eigenvalue weighted by atomic mass is 79.9. The Morgan fingerprint density at radius 2 is 2.43 bits per heavy atom. The number of halogens is 1. The monoisotopic (exact) mass is 370 g/mol. The number of fused-ring (bicyclic) bond motifs is 1. The Labute approximate surface area is 134 Å². The normalized spacial score (nSPS) is 18.4. The molecule has 1 aliphatic heterocycles. The number of aromatic nitrogens is 2. The fraction of sp³-hybridized carbons (Fsp3) is 0.429. The van der Waals surface area contributed by atoms with Crippen LogP contribution in [0.5, 0.6) is 0 Å². The fourth-order valence-corrected chi connectivity index (χ4v) is 3.58. The van der Waals surface area contributed by atoms with Gasteiger partial charge in [0, 0.05) is 11.1 Å². The molecule has 0 bridgehead atoms. The number of hydrogen-bond donors (Lipinski definition) is 1. The first-order valence-electron chi connectivity index (χ1n) is 6.75. The van der Waals surface area contributed by atoms with Gasteiger partial charge in [0.2, 0.25) is 0 Å². The zero-order valence-electron chi connectivity index (χ0n) is 11.3. The molecule has 0 spiro atoms. The number of carboxylic acids is 1. The highest BCUT2D eigenvalue weighted by Gasteiger charge is 2.20. The molecule has 0 aliphatic carbocycles. The fourth-order valence-electron chi connectivity index (χ4n) is 2.49. The van der Waals surface area contributed by atoms with Gasteiger partial charge in [-0.15, -0.1) is 0 Å². The third-order valence-corrected chi connectivity index (χ3v) is 4.86. The Kier molecular flexibility index (Phi) is 4.51. The molecule has 0 amide bonds. The molecule has 1 unspecified atom stereocenters. The molecule has 5 nitrogen and oxygen atoms in total. The smallest absolute Gasteiger partial charge is 0.313 e. The SMILES string of the molecule is O=C(O)CSc1nc2cc(Br)ccc2n1CC1CCCO1. The molecule has 1 aromatic heterocycles. The van der Waals surface area contributed by atoms with Crippen LogP contribution in [0.4, 0.5) is 0 Å². The topological polar surface area (TPSA) is 64.3 Å². The predicted molar refractivity (Wildman–Crippen MR) is 84.8 cm³/mol. The van der Waals surface area contributed by atoms with Crippen LogP contribution in [-0.2, 0) is 16.1 Å². The highest BCUT2D eigenvalue weighted by Crippen LogP contribution is 2.28. The maximum atomic E-state index is 10.8. The summed E-state index contributed by atoms with van der Waals surface area (Å²) >= 11 is 4.69. The lowest BCUT2D eigenvalue weighted by molar-refractivity contribution is -0.133. The number of benzene rings is 1. The maximum Gasteiger partial charge on any atom is 0.313 e. The van der Waals surface area contributed by atoms with Crippen molar-refractivity contribution in [1.29, 1.82) is 0 Å². The average Bonchev–Trinajstić information content (AvgIpc) is 3.05. The number of aliphatic carboxylic acids is 1. The maximum absolute atomic E-state index is 10.8. The first-order chi connectivity index (χ1) is 10.1. The van der Waals surface area contributed by atoms with Gasteiger partial charge in [-0.3, -0.25) is 4.79 Å². The van der Waals surface area contributed by atoms with E-state index in [1.807, 2.05) is 18.2 Å². The second-order valence-corrected chi connectivity index (χ2v) is 6.81. The van der Waals surface area contributed by atoms with Crippen LogP contribution in [0.2, 0.25) is 0 Å². The van der Waals surface area contributed by atoms with Gasteiger partial charge < -0.3 is 14.4 Å². The van der Waals surface area contributed by atoms with E-state index in [0.717, 1.165) is 46.7 Å². The van der Waals surface area contributed by atoms with Crippen LogP contribution in [0.3, 0.4) is 0 Å². The van der Waals surface area contributed by atoms with Crippen LogP contribution < -0.4 is 0 Å². The minimum Gasteiger partial charge on any atom is -0.481 e. The summed E-state index contributed by atoms with van der Waals surface area (Å²) in [6.07, 6.45) is 2.31. The van der Waals surface area contributed by atoms with Crippen molar-refractivity contribution in [2.45, 2.75) is 30.6 Å². The molecule has 1 aromatic carbocycles. The van der Waals surface area contributed by atoms with E-state index in [9.17, 15) is 4.79 Å². The van der Waals surface area contributed by atoms with E-state index in [4.69, 9.17) is 9.84 Å². The summed E-state index contributed by atoms with van der Waals surface area (Å²) in [5, 5.41) is 9.62. The van der Waals surface area contributed by atoms with E-state index in [0.29, 0.717) is 0 Å². The van der Waals surface area contributed by atoms with Crippen molar-refractivity contribution >= 4 is 44.7 Å². The predicted octanol–water partition coefficient (Wildman–Crippen LogP) is 3.15. The van der Waals surface area contributed by atoms with E-state index in [1.165, 1.54) is 11.8 Å². The number of thioether (sulfide) groups is 1. The van der Waals surface area contributed by atoms with Crippen LogP contribution in [0.1, 0.15) is 12.8 Å². The van der Waals surface area contributed by atoms with Crippen LogP contribution in [0.25, 0.3) is 11.0 Å². The minimum atomic E-state index is -0.836. The first-order valence-corrected chi connectivity index (χ1v) is 8.53. The Morgan fingerprint density at radius 1 is 1.57 bits per heavy atom. The second kappa shape index (κ2) is 6.37. The minimum absolute atomic E-state index is 0.00994. The lowest BCUT2D eigenvalue weighted by Gasteiger charge is -2.13. The molecular formula is C14H15BrN2O3S. The lowest BCUT2D eigenvalue weighted by atomic mass is 10.2. The van der Waals surface area contributed by atoms with E-state index in [1.54, 1.807) is 0 Å². The first kappa shape index (κ1) is 14.9. The van der Waals surface area contributed by atoms with Gasteiger partial charge in [-0.1, -0.05) is 27.7 Å². The summed E-state index contributed by atoms with van der Waals surface area (Å²) in [6.45, 7) is 1.53. The molecule has 0 radical (unpaired) electrons. The van der Waals surface area contributed by atoms with Crippen molar-refractivity contribution in [3.8, 4) is 0 Å². The number of carbonyl (C=O) groups is 1. The van der Waals surface area contributed by atoms with Gasteiger partial charge in [0.25, 0.3) is 0 Å². The molecule has 7 heteroatoms. The molecule has 2 heterocycles. The average molecular weight is 371 g/mol. The van der Waals surface area contributed by atoms with Gasteiger partial charge >= 0.3 is 5.97 Å².